The van der Waals surface area contributed by atoms with Crippen LogP contribution in [-0.2, 0) is 4.79 Å². The molecule has 14 heavy (non-hydrogen) atoms. The summed E-state index contributed by atoms with van der Waals surface area (Å²) in [5.74, 6) is 0.608. The molecule has 0 aliphatic heterocycles. The van der Waals surface area contributed by atoms with Crippen molar-refractivity contribution < 1.29 is 9.53 Å². The van der Waals surface area contributed by atoms with Gasteiger partial charge in [-0.3, -0.25) is 0 Å². The van der Waals surface area contributed by atoms with Crippen molar-refractivity contribution in [1.82, 2.24) is 0 Å². The predicted molar refractivity (Wildman–Crippen MR) is 54.0 cm³/mol. The summed E-state index contributed by atoms with van der Waals surface area (Å²) in [6, 6.07) is 6.82. The first-order valence-corrected chi connectivity index (χ1v) is 4.42. The van der Waals surface area contributed by atoms with E-state index in [1.165, 1.54) is 6.08 Å². The van der Waals surface area contributed by atoms with Crippen molar-refractivity contribution in [3.05, 3.63) is 35.7 Å². The summed E-state index contributed by atoms with van der Waals surface area (Å²) in [5.41, 5.74) is 0. The van der Waals surface area contributed by atoms with E-state index >= 15 is 0 Å². The summed E-state index contributed by atoms with van der Waals surface area (Å²) in [5, 5.41) is 0.633. The SMILES string of the molecule is C[CH]C(N=C=O)Oc1ccc(Cl)cc1. The molecule has 1 radical (unpaired) electrons. The van der Waals surface area contributed by atoms with Crippen LogP contribution in [0.15, 0.2) is 29.3 Å². The maximum Gasteiger partial charge on any atom is 0.238 e. The minimum atomic E-state index is -0.589. The van der Waals surface area contributed by atoms with E-state index in [1.54, 1.807) is 37.6 Å². The molecule has 0 aliphatic rings. The molecule has 1 rings (SSSR count). The summed E-state index contributed by atoms with van der Waals surface area (Å²) in [4.78, 5) is 13.4. The number of carbonyl (C=O) groups excluding carboxylic acids is 1. The van der Waals surface area contributed by atoms with E-state index < -0.39 is 6.23 Å². The van der Waals surface area contributed by atoms with Gasteiger partial charge in [-0.2, -0.15) is 4.99 Å². The van der Waals surface area contributed by atoms with Gasteiger partial charge in [0.25, 0.3) is 0 Å². The van der Waals surface area contributed by atoms with E-state index in [9.17, 15) is 4.79 Å². The Morgan fingerprint density at radius 2 is 2.14 bits per heavy atom. The fraction of sp³-hybridized carbons (Fsp3) is 0.200. The Morgan fingerprint density at radius 1 is 1.50 bits per heavy atom. The van der Waals surface area contributed by atoms with Crippen molar-refractivity contribution in [2.75, 3.05) is 0 Å². The van der Waals surface area contributed by atoms with Gasteiger partial charge in [0.05, 0.1) is 0 Å². The van der Waals surface area contributed by atoms with Gasteiger partial charge in [-0.25, -0.2) is 4.79 Å². The zero-order valence-corrected chi connectivity index (χ0v) is 8.36. The van der Waals surface area contributed by atoms with Crippen LogP contribution in [0.3, 0.4) is 0 Å². The second-order valence-electron chi connectivity index (χ2n) is 2.52. The first kappa shape index (κ1) is 10.8. The van der Waals surface area contributed by atoms with Crippen LogP contribution in [0.1, 0.15) is 6.92 Å². The monoisotopic (exact) mass is 210 g/mol. The average molecular weight is 211 g/mol. The molecule has 0 N–H and O–H groups in total. The van der Waals surface area contributed by atoms with Crippen LogP contribution in [0, 0.1) is 6.42 Å². The highest BCUT2D eigenvalue weighted by Crippen LogP contribution is 2.17. The molecule has 73 valence electrons. The van der Waals surface area contributed by atoms with Crippen molar-refractivity contribution in [2.24, 2.45) is 4.99 Å². The maximum atomic E-state index is 10.0. The van der Waals surface area contributed by atoms with Gasteiger partial charge in [0.1, 0.15) is 5.75 Å². The first-order valence-electron chi connectivity index (χ1n) is 4.05. The van der Waals surface area contributed by atoms with Crippen molar-refractivity contribution in [2.45, 2.75) is 13.2 Å². The zero-order valence-electron chi connectivity index (χ0n) is 7.61. The number of rotatable bonds is 4. The Bertz CT molecular complexity index is 330. The summed E-state index contributed by atoms with van der Waals surface area (Å²) < 4.78 is 5.32. The highest BCUT2D eigenvalue weighted by Gasteiger charge is 2.04. The molecule has 0 heterocycles. The van der Waals surface area contributed by atoms with E-state index in [-0.39, 0.29) is 0 Å². The number of isocyanates is 1. The molecule has 0 bridgehead atoms. The highest BCUT2D eigenvalue weighted by atomic mass is 35.5. The Kier molecular flexibility index (Phi) is 4.17. The fourth-order valence-corrected chi connectivity index (χ4v) is 0.999. The lowest BCUT2D eigenvalue weighted by Crippen LogP contribution is -2.12. The minimum Gasteiger partial charge on any atom is -0.468 e. The van der Waals surface area contributed by atoms with Crippen LogP contribution < -0.4 is 4.74 Å². The number of ether oxygens (including phenoxy) is 1. The quantitative estimate of drug-likeness (QED) is 0.566. The molecule has 0 amide bonds. The summed E-state index contributed by atoms with van der Waals surface area (Å²) in [7, 11) is 0. The molecule has 4 heteroatoms. The number of nitrogens with zero attached hydrogens (tertiary/aromatic N) is 1. The van der Waals surface area contributed by atoms with E-state index in [4.69, 9.17) is 16.3 Å². The van der Waals surface area contributed by atoms with Crippen LogP contribution >= 0.6 is 11.6 Å². The lowest BCUT2D eigenvalue weighted by molar-refractivity contribution is 0.243. The van der Waals surface area contributed by atoms with Crippen molar-refractivity contribution in [3.8, 4) is 5.75 Å². The molecular formula is C10H9ClNO2. The van der Waals surface area contributed by atoms with Gasteiger partial charge in [0, 0.05) is 11.4 Å². The minimum absolute atomic E-state index is 0.589. The molecule has 0 aliphatic carbocycles. The predicted octanol–water partition coefficient (Wildman–Crippen LogP) is 2.60. The van der Waals surface area contributed by atoms with Gasteiger partial charge >= 0.3 is 0 Å². The maximum absolute atomic E-state index is 10.0. The van der Waals surface area contributed by atoms with Crippen molar-refractivity contribution in [1.29, 1.82) is 0 Å². The number of benzene rings is 1. The van der Waals surface area contributed by atoms with E-state index in [0.29, 0.717) is 10.8 Å². The van der Waals surface area contributed by atoms with Crippen molar-refractivity contribution in [3.63, 3.8) is 0 Å². The van der Waals surface area contributed by atoms with Crippen LogP contribution in [0.2, 0.25) is 5.02 Å². The van der Waals surface area contributed by atoms with Crippen LogP contribution in [0.5, 0.6) is 5.75 Å². The highest BCUT2D eigenvalue weighted by molar-refractivity contribution is 6.30. The second-order valence-corrected chi connectivity index (χ2v) is 2.95. The van der Waals surface area contributed by atoms with E-state index in [2.05, 4.69) is 4.99 Å². The molecule has 0 aromatic heterocycles. The molecule has 0 saturated carbocycles. The molecule has 0 spiro atoms. The summed E-state index contributed by atoms with van der Waals surface area (Å²) in [6.45, 7) is 1.75. The average Bonchev–Trinajstić information content (AvgIpc) is 2.20. The van der Waals surface area contributed by atoms with Crippen molar-refractivity contribution >= 4 is 17.7 Å². The molecule has 1 unspecified atom stereocenters. The van der Waals surface area contributed by atoms with Crippen LogP contribution in [0.25, 0.3) is 0 Å². The third-order valence-corrected chi connectivity index (χ3v) is 1.79. The Hall–Kier alpha value is -1.31. The van der Waals surface area contributed by atoms with Gasteiger partial charge < -0.3 is 4.74 Å². The Balaban J connectivity index is 2.67. The van der Waals surface area contributed by atoms with Gasteiger partial charge in [-0.1, -0.05) is 18.5 Å². The van der Waals surface area contributed by atoms with Gasteiger partial charge in [0.2, 0.25) is 12.3 Å². The van der Waals surface area contributed by atoms with E-state index in [0.717, 1.165) is 0 Å². The third-order valence-electron chi connectivity index (χ3n) is 1.54. The van der Waals surface area contributed by atoms with Crippen LogP contribution in [0.4, 0.5) is 0 Å². The molecule has 1 atom stereocenters. The number of halogens is 1. The number of aliphatic imine (C=N–C) groups is 1. The molecule has 1 aromatic rings. The molecule has 1 aromatic carbocycles. The van der Waals surface area contributed by atoms with Gasteiger partial charge in [-0.05, 0) is 24.3 Å². The standard InChI is InChI=1S/C10H9ClNO2/c1-2-10(12-7-13)14-9-5-3-8(11)4-6-9/h2-6,10H,1H3. The molecule has 3 nitrogen and oxygen atoms in total. The topological polar surface area (TPSA) is 38.7 Å². The largest absolute Gasteiger partial charge is 0.468 e. The van der Waals surface area contributed by atoms with Crippen LogP contribution in [-0.4, -0.2) is 12.3 Å². The number of hydrogen-bond acceptors (Lipinski definition) is 3. The molecule has 0 fully saturated rings. The Morgan fingerprint density at radius 3 is 2.64 bits per heavy atom. The number of hydrogen-bond donors (Lipinski definition) is 0. The van der Waals surface area contributed by atoms with Gasteiger partial charge in [-0.15, -0.1) is 0 Å². The van der Waals surface area contributed by atoms with E-state index in [1.807, 2.05) is 0 Å². The summed E-state index contributed by atoms with van der Waals surface area (Å²) >= 11 is 5.69. The first-order chi connectivity index (χ1) is 6.76. The summed E-state index contributed by atoms with van der Waals surface area (Å²) in [6.07, 6.45) is 2.51. The fourth-order valence-electron chi connectivity index (χ4n) is 0.873. The normalized spacial score (nSPS) is 11.6. The zero-order chi connectivity index (χ0) is 10.4. The Labute approximate surface area is 87.4 Å². The lowest BCUT2D eigenvalue weighted by Gasteiger charge is -2.10. The third kappa shape index (κ3) is 3.21. The smallest absolute Gasteiger partial charge is 0.238 e. The molecule has 0 saturated heterocycles. The lowest BCUT2D eigenvalue weighted by atomic mass is 10.3. The second kappa shape index (κ2) is 5.43. The molecular weight excluding hydrogens is 202 g/mol. The van der Waals surface area contributed by atoms with Gasteiger partial charge in [0.15, 0.2) is 0 Å².